The average molecular weight is 389 g/mol. The van der Waals surface area contributed by atoms with Gasteiger partial charge < -0.3 is 10.4 Å². The Morgan fingerprint density at radius 3 is 2.29 bits per heavy atom. The minimum absolute atomic E-state index is 0.0256. The maximum Gasteiger partial charge on any atom is 0.337 e. The fraction of sp³-hybridized carbons (Fsp3) is 0. The van der Waals surface area contributed by atoms with E-state index in [1.165, 1.54) is 18.2 Å². The summed E-state index contributed by atoms with van der Waals surface area (Å²) in [5, 5.41) is 12.1. The quantitative estimate of drug-likeness (QED) is 0.800. The highest BCUT2D eigenvalue weighted by molar-refractivity contribution is 9.10. The normalized spacial score (nSPS) is 10.2. The van der Waals surface area contributed by atoms with Crippen LogP contribution in [0.1, 0.15) is 20.7 Å². The Bertz CT molecular complexity index is 734. The molecule has 108 valence electrons. The number of hydrogen-bond acceptors (Lipinski definition) is 2. The molecule has 2 aromatic rings. The number of halogens is 3. The van der Waals surface area contributed by atoms with Crippen molar-refractivity contribution in [2.24, 2.45) is 0 Å². The zero-order valence-corrected chi connectivity index (χ0v) is 13.5. The van der Waals surface area contributed by atoms with Gasteiger partial charge in [0.2, 0.25) is 0 Å². The molecule has 0 aliphatic carbocycles. The first-order valence-electron chi connectivity index (χ1n) is 5.67. The van der Waals surface area contributed by atoms with E-state index in [-0.39, 0.29) is 16.5 Å². The zero-order chi connectivity index (χ0) is 15.6. The number of hydrogen-bond donors (Lipinski definition) is 2. The molecule has 21 heavy (non-hydrogen) atoms. The van der Waals surface area contributed by atoms with Gasteiger partial charge in [-0.3, -0.25) is 4.79 Å². The Morgan fingerprint density at radius 1 is 1.05 bits per heavy atom. The van der Waals surface area contributed by atoms with Gasteiger partial charge in [-0.15, -0.1) is 0 Å². The fourth-order valence-corrected chi connectivity index (χ4v) is 2.76. The zero-order valence-electron chi connectivity index (χ0n) is 10.4. The number of carbonyl (C=O) groups is 2. The molecule has 2 aromatic carbocycles. The lowest BCUT2D eigenvalue weighted by molar-refractivity contribution is 0.0697. The Kier molecular flexibility index (Phi) is 4.88. The molecule has 0 atom stereocenters. The summed E-state index contributed by atoms with van der Waals surface area (Å²) in [7, 11) is 0. The lowest BCUT2D eigenvalue weighted by Crippen LogP contribution is -2.12. The van der Waals surface area contributed by atoms with Crippen molar-refractivity contribution in [3.63, 3.8) is 0 Å². The van der Waals surface area contributed by atoms with E-state index < -0.39 is 5.97 Å². The molecule has 0 aromatic heterocycles. The molecule has 0 radical (unpaired) electrons. The van der Waals surface area contributed by atoms with Crippen molar-refractivity contribution in [2.45, 2.75) is 0 Å². The summed E-state index contributed by atoms with van der Waals surface area (Å²) in [6.07, 6.45) is 0. The largest absolute Gasteiger partial charge is 0.478 e. The topological polar surface area (TPSA) is 66.4 Å². The molecule has 0 aliphatic heterocycles. The lowest BCUT2D eigenvalue weighted by atomic mass is 10.2. The summed E-state index contributed by atoms with van der Waals surface area (Å²) in [6.45, 7) is 0. The summed E-state index contributed by atoms with van der Waals surface area (Å²) >= 11 is 14.9. The third kappa shape index (κ3) is 3.75. The number of carboxylic acid groups (broad SMARTS) is 1. The van der Waals surface area contributed by atoms with E-state index in [1.807, 2.05) is 0 Å². The van der Waals surface area contributed by atoms with Crippen LogP contribution < -0.4 is 5.32 Å². The van der Waals surface area contributed by atoms with Crippen LogP contribution in [0, 0.1) is 0 Å². The van der Waals surface area contributed by atoms with Gasteiger partial charge in [0.25, 0.3) is 5.91 Å². The maximum atomic E-state index is 12.1. The van der Waals surface area contributed by atoms with Crippen molar-refractivity contribution in [3.05, 3.63) is 62.0 Å². The van der Waals surface area contributed by atoms with Crippen molar-refractivity contribution in [1.29, 1.82) is 0 Å². The molecule has 4 nitrogen and oxygen atoms in total. The van der Waals surface area contributed by atoms with Gasteiger partial charge in [-0.1, -0.05) is 23.2 Å². The van der Waals surface area contributed by atoms with Crippen LogP contribution in [0.25, 0.3) is 0 Å². The highest BCUT2D eigenvalue weighted by Crippen LogP contribution is 2.24. The van der Waals surface area contributed by atoms with E-state index in [0.29, 0.717) is 20.7 Å². The first kappa shape index (κ1) is 15.8. The van der Waals surface area contributed by atoms with Crippen LogP contribution in [0.5, 0.6) is 0 Å². The Hall–Kier alpha value is -1.56. The summed E-state index contributed by atoms with van der Waals surface area (Å²) in [4.78, 5) is 23.0. The Morgan fingerprint density at radius 2 is 1.71 bits per heavy atom. The van der Waals surface area contributed by atoms with E-state index in [2.05, 4.69) is 21.2 Å². The second-order valence-corrected chi connectivity index (χ2v) is 5.78. The Labute approximate surface area is 138 Å². The summed E-state index contributed by atoms with van der Waals surface area (Å²) in [5.41, 5.74) is 0.775. The van der Waals surface area contributed by atoms with Gasteiger partial charge in [-0.05, 0) is 52.3 Å². The first-order chi connectivity index (χ1) is 9.88. The van der Waals surface area contributed by atoms with Crippen LogP contribution in [-0.4, -0.2) is 17.0 Å². The van der Waals surface area contributed by atoms with Crippen molar-refractivity contribution in [3.8, 4) is 0 Å². The van der Waals surface area contributed by atoms with Gasteiger partial charge >= 0.3 is 5.97 Å². The first-order valence-corrected chi connectivity index (χ1v) is 7.22. The molecule has 0 spiro atoms. The van der Waals surface area contributed by atoms with Gasteiger partial charge in [0, 0.05) is 15.2 Å². The van der Waals surface area contributed by atoms with Crippen LogP contribution in [0.15, 0.2) is 40.9 Å². The molecule has 0 fully saturated rings. The van der Waals surface area contributed by atoms with Crippen molar-refractivity contribution in [2.75, 3.05) is 5.32 Å². The number of amides is 1. The monoisotopic (exact) mass is 387 g/mol. The summed E-state index contributed by atoms with van der Waals surface area (Å²) in [6, 6.07) is 8.97. The van der Waals surface area contributed by atoms with Crippen LogP contribution in [0.3, 0.4) is 0 Å². The summed E-state index contributed by atoms with van der Waals surface area (Å²) < 4.78 is 0.556. The fourth-order valence-electron chi connectivity index (χ4n) is 1.64. The van der Waals surface area contributed by atoms with Crippen molar-refractivity contribution >= 4 is 56.7 Å². The van der Waals surface area contributed by atoms with E-state index in [9.17, 15) is 9.59 Å². The molecular formula is C14H8BrCl2NO3. The van der Waals surface area contributed by atoms with Crippen LogP contribution in [0.4, 0.5) is 5.69 Å². The Balaban J connectivity index is 2.23. The van der Waals surface area contributed by atoms with Gasteiger partial charge in [0.15, 0.2) is 0 Å². The standard InChI is InChI=1S/C14H8BrCl2NO3/c15-11-5-7(16)1-3-9(11)13(19)18-8-2-4-10(14(20)21)12(17)6-8/h1-6H,(H,18,19)(H,20,21). The number of benzene rings is 2. The molecule has 0 unspecified atom stereocenters. The van der Waals surface area contributed by atoms with Crippen LogP contribution in [-0.2, 0) is 0 Å². The number of aromatic carboxylic acids is 1. The van der Waals surface area contributed by atoms with E-state index >= 15 is 0 Å². The molecule has 2 N–H and O–H groups in total. The number of carboxylic acids is 1. The highest BCUT2D eigenvalue weighted by Gasteiger charge is 2.13. The highest BCUT2D eigenvalue weighted by atomic mass is 79.9. The van der Waals surface area contributed by atoms with Gasteiger partial charge in [-0.2, -0.15) is 0 Å². The molecule has 1 amide bonds. The van der Waals surface area contributed by atoms with E-state index in [0.717, 1.165) is 0 Å². The van der Waals surface area contributed by atoms with Gasteiger partial charge in [-0.25, -0.2) is 4.79 Å². The maximum absolute atomic E-state index is 12.1. The molecular weight excluding hydrogens is 381 g/mol. The third-order valence-electron chi connectivity index (χ3n) is 2.63. The predicted molar refractivity (Wildman–Crippen MR) is 85.5 cm³/mol. The smallest absolute Gasteiger partial charge is 0.337 e. The van der Waals surface area contributed by atoms with Gasteiger partial charge in [0.05, 0.1) is 16.1 Å². The van der Waals surface area contributed by atoms with Crippen molar-refractivity contribution < 1.29 is 14.7 Å². The molecule has 0 bridgehead atoms. The number of anilines is 1. The minimum Gasteiger partial charge on any atom is -0.478 e. The molecule has 0 heterocycles. The molecule has 0 aliphatic rings. The molecule has 0 saturated carbocycles. The average Bonchev–Trinajstić information content (AvgIpc) is 2.37. The SMILES string of the molecule is O=C(O)c1ccc(NC(=O)c2ccc(Cl)cc2Br)cc1Cl. The molecule has 7 heteroatoms. The van der Waals surface area contributed by atoms with Crippen molar-refractivity contribution in [1.82, 2.24) is 0 Å². The van der Waals surface area contributed by atoms with Crippen LogP contribution in [0.2, 0.25) is 10.0 Å². The third-order valence-corrected chi connectivity index (χ3v) is 3.84. The summed E-state index contributed by atoms with van der Waals surface area (Å²) in [5.74, 6) is -1.49. The van der Waals surface area contributed by atoms with Crippen LogP contribution >= 0.6 is 39.1 Å². The second-order valence-electron chi connectivity index (χ2n) is 4.08. The lowest BCUT2D eigenvalue weighted by Gasteiger charge is -2.08. The number of rotatable bonds is 3. The van der Waals surface area contributed by atoms with Gasteiger partial charge in [0.1, 0.15) is 0 Å². The van der Waals surface area contributed by atoms with E-state index in [4.69, 9.17) is 28.3 Å². The molecule has 0 saturated heterocycles. The number of nitrogens with one attached hydrogen (secondary N) is 1. The predicted octanol–water partition coefficient (Wildman–Crippen LogP) is 4.71. The second kappa shape index (κ2) is 6.47. The minimum atomic E-state index is -1.13. The number of carbonyl (C=O) groups excluding carboxylic acids is 1. The molecule has 2 rings (SSSR count). The van der Waals surface area contributed by atoms with E-state index in [1.54, 1.807) is 18.2 Å².